The lowest BCUT2D eigenvalue weighted by molar-refractivity contribution is -0.137. The van der Waals surface area contributed by atoms with Crippen LogP contribution in [-0.4, -0.2) is 36.2 Å². The van der Waals surface area contributed by atoms with E-state index in [0.29, 0.717) is 12.1 Å². The van der Waals surface area contributed by atoms with Crippen LogP contribution < -0.4 is 5.32 Å². The van der Waals surface area contributed by atoms with E-state index in [9.17, 15) is 18.3 Å². The predicted octanol–water partition coefficient (Wildman–Crippen LogP) is 2.58. The van der Waals surface area contributed by atoms with Crippen LogP contribution >= 0.6 is 15.9 Å². The third-order valence-electron chi connectivity index (χ3n) is 3.07. The third-order valence-corrected chi connectivity index (χ3v) is 3.68. The molecule has 1 aliphatic heterocycles. The Labute approximate surface area is 117 Å². The van der Waals surface area contributed by atoms with E-state index in [1.807, 2.05) is 4.90 Å². The van der Waals surface area contributed by atoms with E-state index in [-0.39, 0.29) is 10.2 Å². The molecule has 1 heterocycles. The minimum absolute atomic E-state index is 0.0764. The van der Waals surface area contributed by atoms with Crippen LogP contribution in [0.4, 0.5) is 13.2 Å². The van der Waals surface area contributed by atoms with Crippen molar-refractivity contribution < 1.29 is 18.3 Å². The van der Waals surface area contributed by atoms with Gasteiger partial charge in [0.05, 0.1) is 10.0 Å². The zero-order valence-electron chi connectivity index (χ0n) is 10.1. The summed E-state index contributed by atoms with van der Waals surface area (Å²) >= 11 is 2.97. The molecule has 2 N–H and O–H groups in total. The highest BCUT2D eigenvalue weighted by Gasteiger charge is 2.32. The van der Waals surface area contributed by atoms with Gasteiger partial charge in [0.25, 0.3) is 0 Å². The second-order valence-corrected chi connectivity index (χ2v) is 5.34. The molecule has 0 atom stereocenters. The molecule has 1 saturated heterocycles. The van der Waals surface area contributed by atoms with E-state index < -0.39 is 11.7 Å². The monoisotopic (exact) mass is 338 g/mol. The molecule has 0 saturated carbocycles. The maximum atomic E-state index is 12.7. The topological polar surface area (TPSA) is 35.5 Å². The van der Waals surface area contributed by atoms with Crippen molar-refractivity contribution in [2.75, 3.05) is 26.2 Å². The summed E-state index contributed by atoms with van der Waals surface area (Å²) in [7, 11) is 0. The van der Waals surface area contributed by atoms with Gasteiger partial charge in [-0.2, -0.15) is 13.2 Å². The molecule has 0 radical (unpaired) electrons. The predicted molar refractivity (Wildman–Crippen MR) is 69.0 cm³/mol. The maximum absolute atomic E-state index is 12.7. The molecule has 1 aliphatic rings. The molecule has 1 fully saturated rings. The molecule has 0 bridgehead atoms. The van der Waals surface area contributed by atoms with E-state index in [0.717, 1.165) is 38.3 Å². The lowest BCUT2D eigenvalue weighted by atomic mass is 10.1. The molecule has 0 aromatic heterocycles. The minimum Gasteiger partial charge on any atom is -0.506 e. The van der Waals surface area contributed by atoms with Crippen molar-refractivity contribution >= 4 is 15.9 Å². The number of halogens is 4. The van der Waals surface area contributed by atoms with Gasteiger partial charge >= 0.3 is 6.18 Å². The van der Waals surface area contributed by atoms with Crippen LogP contribution in [0.2, 0.25) is 0 Å². The minimum atomic E-state index is -4.41. The van der Waals surface area contributed by atoms with Gasteiger partial charge in [-0.1, -0.05) is 0 Å². The number of hydrogen-bond donors (Lipinski definition) is 2. The molecule has 0 unspecified atom stereocenters. The van der Waals surface area contributed by atoms with E-state index >= 15 is 0 Å². The van der Waals surface area contributed by atoms with E-state index in [1.165, 1.54) is 0 Å². The molecule has 0 aliphatic carbocycles. The van der Waals surface area contributed by atoms with Crippen LogP contribution in [0.15, 0.2) is 16.6 Å². The first-order valence-corrected chi connectivity index (χ1v) is 6.69. The molecule has 3 nitrogen and oxygen atoms in total. The normalized spacial score (nSPS) is 17.7. The summed E-state index contributed by atoms with van der Waals surface area (Å²) in [4.78, 5) is 2.01. The molecule has 0 amide bonds. The fraction of sp³-hybridized carbons (Fsp3) is 0.500. The summed E-state index contributed by atoms with van der Waals surface area (Å²) in [5, 5.41) is 13.0. The highest BCUT2D eigenvalue weighted by Crippen LogP contribution is 2.37. The van der Waals surface area contributed by atoms with E-state index in [4.69, 9.17) is 0 Å². The van der Waals surface area contributed by atoms with Gasteiger partial charge in [-0.05, 0) is 28.1 Å². The Balaban J connectivity index is 2.25. The number of nitrogens with one attached hydrogen (secondary N) is 1. The molecule has 2 rings (SSSR count). The van der Waals surface area contributed by atoms with Gasteiger partial charge in [-0.3, -0.25) is 4.90 Å². The quantitative estimate of drug-likeness (QED) is 0.870. The molecule has 0 spiro atoms. The van der Waals surface area contributed by atoms with Crippen molar-refractivity contribution in [3.8, 4) is 5.75 Å². The Morgan fingerprint density at radius 2 is 1.89 bits per heavy atom. The van der Waals surface area contributed by atoms with Crippen LogP contribution in [0, 0.1) is 0 Å². The summed E-state index contributed by atoms with van der Waals surface area (Å²) < 4.78 is 38.3. The molecular formula is C12H14BrF3N2O. The number of phenols is 1. The number of aromatic hydroxyl groups is 1. The average Bonchev–Trinajstić information content (AvgIpc) is 2.34. The molecule has 19 heavy (non-hydrogen) atoms. The average molecular weight is 339 g/mol. The highest BCUT2D eigenvalue weighted by atomic mass is 79.9. The summed E-state index contributed by atoms with van der Waals surface area (Å²) in [6, 6.07) is 1.92. The van der Waals surface area contributed by atoms with E-state index in [1.54, 1.807) is 0 Å². The smallest absolute Gasteiger partial charge is 0.416 e. The van der Waals surface area contributed by atoms with Gasteiger partial charge in [0.1, 0.15) is 5.75 Å². The van der Waals surface area contributed by atoms with Crippen molar-refractivity contribution in [1.29, 1.82) is 0 Å². The fourth-order valence-corrected chi connectivity index (χ4v) is 2.55. The molecule has 7 heteroatoms. The summed E-state index contributed by atoms with van der Waals surface area (Å²) in [6.07, 6.45) is -4.41. The van der Waals surface area contributed by atoms with Gasteiger partial charge in [0.2, 0.25) is 0 Å². The van der Waals surface area contributed by atoms with Crippen molar-refractivity contribution in [3.05, 3.63) is 27.7 Å². The summed E-state index contributed by atoms with van der Waals surface area (Å²) in [5.41, 5.74) is -0.453. The van der Waals surface area contributed by atoms with Crippen molar-refractivity contribution in [2.24, 2.45) is 0 Å². The van der Waals surface area contributed by atoms with Crippen LogP contribution in [0.5, 0.6) is 5.75 Å². The fourth-order valence-electron chi connectivity index (χ4n) is 2.05. The first-order valence-electron chi connectivity index (χ1n) is 5.89. The second kappa shape index (κ2) is 5.68. The standard InChI is InChI=1S/C12H14BrF3N2O/c13-10-6-9(12(14,15)16)5-8(11(10)19)7-18-3-1-17-2-4-18/h5-6,17,19H,1-4,7H2. The van der Waals surface area contributed by atoms with Gasteiger partial charge in [-0.15, -0.1) is 0 Å². The lowest BCUT2D eigenvalue weighted by Crippen LogP contribution is -2.42. The van der Waals surface area contributed by atoms with Crippen molar-refractivity contribution in [3.63, 3.8) is 0 Å². The Morgan fingerprint density at radius 3 is 2.47 bits per heavy atom. The van der Waals surface area contributed by atoms with Gasteiger partial charge in [-0.25, -0.2) is 0 Å². The largest absolute Gasteiger partial charge is 0.506 e. The zero-order valence-corrected chi connectivity index (χ0v) is 11.7. The molecule has 106 valence electrons. The number of phenolic OH excluding ortho intramolecular Hbond substituents is 1. The number of benzene rings is 1. The summed E-state index contributed by atoms with van der Waals surface area (Å²) in [6.45, 7) is 3.44. The maximum Gasteiger partial charge on any atom is 0.416 e. The SMILES string of the molecule is Oc1c(Br)cc(C(F)(F)F)cc1CN1CCNCC1. The Morgan fingerprint density at radius 1 is 1.26 bits per heavy atom. The number of alkyl halides is 3. The van der Waals surface area contributed by atoms with Crippen LogP contribution in [0.1, 0.15) is 11.1 Å². The zero-order chi connectivity index (χ0) is 14.0. The molecular weight excluding hydrogens is 325 g/mol. The first kappa shape index (κ1) is 14.6. The first-order chi connectivity index (χ1) is 8.88. The third kappa shape index (κ3) is 3.61. The Bertz CT molecular complexity index is 459. The van der Waals surface area contributed by atoms with Crippen molar-refractivity contribution in [1.82, 2.24) is 10.2 Å². The number of piperazine rings is 1. The summed E-state index contributed by atoms with van der Waals surface area (Å²) in [5.74, 6) is -0.119. The van der Waals surface area contributed by atoms with Crippen molar-refractivity contribution in [2.45, 2.75) is 12.7 Å². The highest BCUT2D eigenvalue weighted by molar-refractivity contribution is 9.10. The van der Waals surface area contributed by atoms with E-state index in [2.05, 4.69) is 21.2 Å². The second-order valence-electron chi connectivity index (χ2n) is 4.49. The number of nitrogens with zero attached hydrogens (tertiary/aromatic N) is 1. The molecule has 1 aromatic rings. The van der Waals surface area contributed by atoms with Crippen LogP contribution in [-0.2, 0) is 12.7 Å². The van der Waals surface area contributed by atoms with Gasteiger partial charge in [0, 0.05) is 38.3 Å². The van der Waals surface area contributed by atoms with Crippen LogP contribution in [0.3, 0.4) is 0 Å². The Kier molecular flexibility index (Phi) is 4.37. The number of rotatable bonds is 2. The van der Waals surface area contributed by atoms with Gasteiger partial charge in [0.15, 0.2) is 0 Å². The van der Waals surface area contributed by atoms with Crippen LogP contribution in [0.25, 0.3) is 0 Å². The lowest BCUT2D eigenvalue weighted by Gasteiger charge is -2.27. The molecule has 1 aromatic carbocycles. The Hall–Kier alpha value is -0.790. The number of hydrogen-bond acceptors (Lipinski definition) is 3. The van der Waals surface area contributed by atoms with Gasteiger partial charge < -0.3 is 10.4 Å².